The van der Waals surface area contributed by atoms with Crippen molar-refractivity contribution >= 4 is 29.4 Å². The molecule has 0 aromatic heterocycles. The first-order valence-electron chi connectivity index (χ1n) is 10.4. The molecule has 3 rings (SSSR count). The lowest BCUT2D eigenvalue weighted by Crippen LogP contribution is -2.47. The summed E-state index contributed by atoms with van der Waals surface area (Å²) in [5.74, 6) is -1.73. The van der Waals surface area contributed by atoms with Gasteiger partial charge in [-0.1, -0.05) is 32.9 Å². The van der Waals surface area contributed by atoms with E-state index < -0.39 is 29.7 Å². The number of fused-ring (bicyclic) bond motifs is 1. The van der Waals surface area contributed by atoms with Crippen LogP contribution in [0.1, 0.15) is 64.7 Å². The summed E-state index contributed by atoms with van der Waals surface area (Å²) in [4.78, 5) is 51.8. The molecule has 7 nitrogen and oxygen atoms in total. The van der Waals surface area contributed by atoms with Crippen LogP contribution >= 0.6 is 0 Å². The third-order valence-electron chi connectivity index (χ3n) is 4.96. The summed E-state index contributed by atoms with van der Waals surface area (Å²) in [6.07, 6.45) is 1.06. The second kappa shape index (κ2) is 9.55. The first-order valence-corrected chi connectivity index (χ1v) is 10.4. The summed E-state index contributed by atoms with van der Waals surface area (Å²) in [5.41, 5.74) is 1.46. The third kappa shape index (κ3) is 4.82. The molecule has 7 heteroatoms. The highest BCUT2D eigenvalue weighted by atomic mass is 16.5. The Kier molecular flexibility index (Phi) is 6.84. The summed E-state index contributed by atoms with van der Waals surface area (Å²) in [5, 5.41) is 2.76. The lowest BCUT2D eigenvalue weighted by molar-refractivity contribution is -0.120. The fourth-order valence-corrected chi connectivity index (χ4v) is 3.46. The topological polar surface area (TPSA) is 92.8 Å². The summed E-state index contributed by atoms with van der Waals surface area (Å²) >= 11 is 0. The molecule has 2 aromatic carbocycles. The van der Waals surface area contributed by atoms with Crippen molar-refractivity contribution in [3.63, 3.8) is 0 Å². The molecule has 31 heavy (non-hydrogen) atoms. The van der Waals surface area contributed by atoms with Gasteiger partial charge in [0.1, 0.15) is 6.04 Å². The zero-order valence-electron chi connectivity index (χ0n) is 17.9. The fraction of sp³-hybridized carbons (Fsp3) is 0.333. The first kappa shape index (κ1) is 22.2. The molecule has 1 unspecified atom stereocenters. The van der Waals surface area contributed by atoms with E-state index in [1.165, 1.54) is 0 Å². The minimum absolute atomic E-state index is 0.0794. The number of hydrogen-bond donors (Lipinski definition) is 1. The van der Waals surface area contributed by atoms with Crippen LogP contribution in [0.2, 0.25) is 0 Å². The zero-order valence-corrected chi connectivity index (χ0v) is 17.9. The number of ether oxygens (including phenoxy) is 1. The van der Waals surface area contributed by atoms with Crippen molar-refractivity contribution in [1.29, 1.82) is 0 Å². The van der Waals surface area contributed by atoms with Crippen molar-refractivity contribution in [2.75, 3.05) is 11.9 Å². The molecule has 3 amide bonds. The Balaban J connectivity index is 1.78. The second-order valence-corrected chi connectivity index (χ2v) is 7.87. The molecule has 0 fully saturated rings. The molecule has 2 aromatic rings. The molecular formula is C24H26N2O5. The highest BCUT2D eigenvalue weighted by molar-refractivity contribution is 6.23. The van der Waals surface area contributed by atoms with Gasteiger partial charge in [0.15, 0.2) is 0 Å². The molecule has 0 spiro atoms. The predicted molar refractivity (Wildman–Crippen MR) is 116 cm³/mol. The lowest BCUT2D eigenvalue weighted by atomic mass is 10.0. The Hall–Kier alpha value is -3.48. The molecule has 0 aliphatic carbocycles. The number of benzene rings is 2. The Morgan fingerprint density at radius 1 is 0.968 bits per heavy atom. The van der Waals surface area contributed by atoms with Gasteiger partial charge in [0.05, 0.1) is 23.3 Å². The van der Waals surface area contributed by atoms with Gasteiger partial charge in [0.25, 0.3) is 11.8 Å². The molecule has 1 atom stereocenters. The zero-order chi connectivity index (χ0) is 22.5. The highest BCUT2D eigenvalue weighted by Gasteiger charge is 2.42. The SMILES string of the molecule is CCCOC(=O)c1ccc(NC(=O)C(CC(C)C)N2C(=O)c3ccccc3C2=O)cc1. The van der Waals surface area contributed by atoms with Crippen LogP contribution in [0.15, 0.2) is 48.5 Å². The number of nitrogens with one attached hydrogen (secondary N) is 1. The van der Waals surface area contributed by atoms with E-state index in [0.717, 1.165) is 11.3 Å². The second-order valence-electron chi connectivity index (χ2n) is 7.87. The van der Waals surface area contributed by atoms with Crippen molar-refractivity contribution < 1.29 is 23.9 Å². The number of esters is 1. The normalized spacial score (nSPS) is 13.9. The van der Waals surface area contributed by atoms with Crippen molar-refractivity contribution in [1.82, 2.24) is 4.90 Å². The maximum absolute atomic E-state index is 13.1. The lowest BCUT2D eigenvalue weighted by Gasteiger charge is -2.26. The summed E-state index contributed by atoms with van der Waals surface area (Å²) < 4.78 is 5.09. The van der Waals surface area contributed by atoms with Crippen LogP contribution in [0, 0.1) is 5.92 Å². The molecule has 1 heterocycles. The number of anilines is 1. The Morgan fingerprint density at radius 3 is 2.06 bits per heavy atom. The van der Waals surface area contributed by atoms with Gasteiger partial charge in [0.2, 0.25) is 5.91 Å². The number of nitrogens with zero attached hydrogens (tertiary/aromatic N) is 1. The first-order chi connectivity index (χ1) is 14.8. The quantitative estimate of drug-likeness (QED) is 0.514. The molecule has 1 aliphatic heterocycles. The minimum Gasteiger partial charge on any atom is -0.462 e. The maximum atomic E-state index is 13.1. The van der Waals surface area contributed by atoms with E-state index in [4.69, 9.17) is 4.74 Å². The van der Waals surface area contributed by atoms with Gasteiger partial charge in [-0.25, -0.2) is 4.79 Å². The molecule has 0 bridgehead atoms. The molecule has 0 radical (unpaired) electrons. The van der Waals surface area contributed by atoms with Crippen molar-refractivity contribution in [3.8, 4) is 0 Å². The number of hydrogen-bond acceptors (Lipinski definition) is 5. The summed E-state index contributed by atoms with van der Waals surface area (Å²) in [7, 11) is 0. The van der Waals surface area contributed by atoms with Crippen LogP contribution in [0.4, 0.5) is 5.69 Å². The predicted octanol–water partition coefficient (Wildman–Crippen LogP) is 3.90. The van der Waals surface area contributed by atoms with Crippen LogP contribution in [-0.4, -0.2) is 41.2 Å². The van der Waals surface area contributed by atoms with E-state index in [-0.39, 0.29) is 5.92 Å². The van der Waals surface area contributed by atoms with Gasteiger partial charge in [0, 0.05) is 5.69 Å². The van der Waals surface area contributed by atoms with E-state index in [1.54, 1.807) is 48.5 Å². The van der Waals surface area contributed by atoms with Crippen LogP contribution in [0.25, 0.3) is 0 Å². The van der Waals surface area contributed by atoms with Gasteiger partial charge in [-0.2, -0.15) is 0 Å². The van der Waals surface area contributed by atoms with Crippen molar-refractivity contribution in [3.05, 3.63) is 65.2 Å². The van der Waals surface area contributed by atoms with Gasteiger partial charge in [-0.05, 0) is 55.2 Å². The minimum atomic E-state index is -0.943. The summed E-state index contributed by atoms with van der Waals surface area (Å²) in [6, 6.07) is 11.9. The average molecular weight is 422 g/mol. The molecule has 0 saturated carbocycles. The van der Waals surface area contributed by atoms with E-state index in [2.05, 4.69) is 5.32 Å². The highest BCUT2D eigenvalue weighted by Crippen LogP contribution is 2.27. The van der Waals surface area contributed by atoms with Crippen molar-refractivity contribution in [2.24, 2.45) is 5.92 Å². The number of carbonyl (C=O) groups excluding carboxylic acids is 4. The maximum Gasteiger partial charge on any atom is 0.338 e. The number of imide groups is 1. The van der Waals surface area contributed by atoms with E-state index >= 15 is 0 Å². The van der Waals surface area contributed by atoms with Gasteiger partial charge in [-0.15, -0.1) is 0 Å². The molecular weight excluding hydrogens is 396 g/mol. The molecule has 0 saturated heterocycles. The average Bonchev–Trinajstić information content (AvgIpc) is 3.01. The van der Waals surface area contributed by atoms with Crippen LogP contribution in [0.3, 0.4) is 0 Å². The van der Waals surface area contributed by atoms with Crippen LogP contribution < -0.4 is 5.32 Å². The summed E-state index contributed by atoms with van der Waals surface area (Å²) in [6.45, 7) is 6.10. The Bertz CT molecular complexity index is 962. The van der Waals surface area contributed by atoms with E-state index in [0.29, 0.717) is 35.4 Å². The number of amides is 3. The Morgan fingerprint density at radius 2 is 1.55 bits per heavy atom. The van der Waals surface area contributed by atoms with Gasteiger partial charge < -0.3 is 10.1 Å². The molecule has 1 N–H and O–H groups in total. The van der Waals surface area contributed by atoms with Crippen LogP contribution in [-0.2, 0) is 9.53 Å². The molecule has 1 aliphatic rings. The third-order valence-corrected chi connectivity index (χ3v) is 4.96. The van der Waals surface area contributed by atoms with E-state index in [9.17, 15) is 19.2 Å². The van der Waals surface area contributed by atoms with Gasteiger partial charge >= 0.3 is 5.97 Å². The standard InChI is InChI=1S/C24H26N2O5/c1-4-13-31-24(30)16-9-11-17(12-10-16)25-21(27)20(14-15(2)3)26-22(28)18-7-5-6-8-19(18)23(26)29/h5-12,15,20H,4,13-14H2,1-3H3,(H,25,27). The van der Waals surface area contributed by atoms with Gasteiger partial charge in [-0.3, -0.25) is 19.3 Å². The Labute approximate surface area is 181 Å². The largest absolute Gasteiger partial charge is 0.462 e. The smallest absolute Gasteiger partial charge is 0.338 e. The van der Waals surface area contributed by atoms with Crippen molar-refractivity contribution in [2.45, 2.75) is 39.7 Å². The number of carbonyl (C=O) groups is 4. The van der Waals surface area contributed by atoms with E-state index in [1.807, 2.05) is 20.8 Å². The van der Waals surface area contributed by atoms with Crippen LogP contribution in [0.5, 0.6) is 0 Å². The molecule has 162 valence electrons. The fourth-order valence-electron chi connectivity index (χ4n) is 3.46. The number of rotatable bonds is 8. The monoisotopic (exact) mass is 422 g/mol.